The normalized spacial score (nSPS) is 15.3. The average Bonchev–Trinajstić information content (AvgIpc) is 2.53. The summed E-state index contributed by atoms with van der Waals surface area (Å²) in [5, 5.41) is 0. The van der Waals surface area contributed by atoms with E-state index < -0.39 is 0 Å². The molecule has 0 spiro atoms. The average molecular weight is 306 g/mol. The highest BCUT2D eigenvalue weighted by Crippen LogP contribution is 2.28. The molecule has 1 aromatic carbocycles. The van der Waals surface area contributed by atoms with Crippen LogP contribution in [0.3, 0.4) is 0 Å². The summed E-state index contributed by atoms with van der Waals surface area (Å²) in [6.07, 6.45) is 0.586. The van der Waals surface area contributed by atoms with E-state index >= 15 is 0 Å². The molecule has 22 heavy (non-hydrogen) atoms. The highest BCUT2D eigenvalue weighted by atomic mass is 16.5. The fourth-order valence-corrected chi connectivity index (χ4v) is 2.59. The Morgan fingerprint density at radius 3 is 2.55 bits per heavy atom. The quantitative estimate of drug-likeness (QED) is 0.818. The molecule has 0 saturated carbocycles. The Kier molecular flexibility index (Phi) is 5.49. The number of piperazine rings is 1. The topological polar surface area (TPSA) is 62.0 Å². The molecule has 6 nitrogen and oxygen atoms in total. The van der Waals surface area contributed by atoms with Gasteiger partial charge >= 0.3 is 0 Å². The zero-order valence-corrected chi connectivity index (χ0v) is 13.7. The van der Waals surface area contributed by atoms with Crippen molar-refractivity contribution in [1.82, 2.24) is 9.80 Å². The zero-order chi connectivity index (χ0) is 16.1. The zero-order valence-electron chi connectivity index (χ0n) is 13.7. The van der Waals surface area contributed by atoms with Crippen molar-refractivity contribution in [3.8, 4) is 5.75 Å². The van der Waals surface area contributed by atoms with Gasteiger partial charge in [0.15, 0.2) is 0 Å². The Morgan fingerprint density at radius 1 is 1.27 bits per heavy atom. The van der Waals surface area contributed by atoms with E-state index in [1.165, 1.54) is 0 Å². The summed E-state index contributed by atoms with van der Waals surface area (Å²) in [4.78, 5) is 18.4. The van der Waals surface area contributed by atoms with Gasteiger partial charge in [0.25, 0.3) is 0 Å². The van der Waals surface area contributed by atoms with Gasteiger partial charge in [-0.15, -0.1) is 0 Å². The molecule has 6 heteroatoms. The molecule has 0 aliphatic carbocycles. The number of anilines is 2. The van der Waals surface area contributed by atoms with E-state index in [2.05, 4.69) is 4.90 Å². The summed E-state index contributed by atoms with van der Waals surface area (Å²) < 4.78 is 5.27. The highest BCUT2D eigenvalue weighted by molar-refractivity contribution is 5.76. The first kappa shape index (κ1) is 16.4. The number of ether oxygens (including phenoxy) is 1. The number of carbonyl (C=O) groups excluding carboxylic acids is 1. The number of nitrogens with zero attached hydrogens (tertiary/aromatic N) is 3. The van der Waals surface area contributed by atoms with Crippen LogP contribution in [0.2, 0.25) is 0 Å². The number of hydrogen-bond acceptors (Lipinski definition) is 5. The van der Waals surface area contributed by atoms with Crippen molar-refractivity contribution in [2.75, 3.05) is 64.6 Å². The first-order chi connectivity index (χ1) is 10.5. The molecule has 1 fully saturated rings. The van der Waals surface area contributed by atoms with Crippen molar-refractivity contribution >= 4 is 17.3 Å². The van der Waals surface area contributed by atoms with Gasteiger partial charge in [0.2, 0.25) is 5.91 Å². The van der Waals surface area contributed by atoms with Crippen molar-refractivity contribution in [3.05, 3.63) is 18.2 Å². The molecule has 122 valence electrons. The number of benzene rings is 1. The van der Waals surface area contributed by atoms with Crippen LogP contribution in [0.1, 0.15) is 6.42 Å². The molecule has 1 aliphatic heterocycles. The van der Waals surface area contributed by atoms with E-state index in [0.717, 1.165) is 38.4 Å². The number of amides is 1. The van der Waals surface area contributed by atoms with Crippen molar-refractivity contribution in [3.63, 3.8) is 0 Å². The molecule has 2 rings (SSSR count). The SMILES string of the molecule is COc1cc(N2CCN(C(=O)CCN(C)C)CC2)ccc1N. The van der Waals surface area contributed by atoms with Crippen LogP contribution in [0, 0.1) is 0 Å². The molecule has 0 unspecified atom stereocenters. The van der Waals surface area contributed by atoms with E-state index in [-0.39, 0.29) is 5.91 Å². The second-order valence-electron chi connectivity index (χ2n) is 5.85. The van der Waals surface area contributed by atoms with Crippen LogP contribution in [0.15, 0.2) is 18.2 Å². The first-order valence-corrected chi connectivity index (χ1v) is 7.62. The maximum atomic E-state index is 12.1. The van der Waals surface area contributed by atoms with Crippen molar-refractivity contribution in [2.24, 2.45) is 0 Å². The van der Waals surface area contributed by atoms with E-state index in [1.807, 2.05) is 42.1 Å². The predicted octanol–water partition coefficient (Wildman–Crippen LogP) is 0.878. The lowest BCUT2D eigenvalue weighted by molar-refractivity contribution is -0.131. The fraction of sp³-hybridized carbons (Fsp3) is 0.562. The Labute approximate surface area is 132 Å². The Hall–Kier alpha value is -1.95. The number of nitrogen functional groups attached to an aromatic ring is 1. The Morgan fingerprint density at radius 2 is 1.95 bits per heavy atom. The summed E-state index contributed by atoms with van der Waals surface area (Å²) >= 11 is 0. The molecular formula is C16H26N4O2. The van der Waals surface area contributed by atoms with Gasteiger partial charge in [-0.3, -0.25) is 4.79 Å². The van der Waals surface area contributed by atoms with Crippen LogP contribution < -0.4 is 15.4 Å². The predicted molar refractivity (Wildman–Crippen MR) is 89.4 cm³/mol. The molecular weight excluding hydrogens is 280 g/mol. The molecule has 1 aliphatic rings. The van der Waals surface area contributed by atoms with Crippen LogP contribution in [-0.4, -0.2) is 69.6 Å². The van der Waals surface area contributed by atoms with Gasteiger partial charge in [-0.2, -0.15) is 0 Å². The summed E-state index contributed by atoms with van der Waals surface area (Å²) in [5.74, 6) is 0.935. The number of methoxy groups -OCH3 is 1. The molecule has 1 amide bonds. The van der Waals surface area contributed by atoms with Gasteiger partial charge in [0.05, 0.1) is 12.8 Å². The first-order valence-electron chi connectivity index (χ1n) is 7.62. The summed E-state index contributed by atoms with van der Waals surface area (Å²) in [7, 11) is 5.59. The molecule has 1 heterocycles. The van der Waals surface area contributed by atoms with Crippen LogP contribution >= 0.6 is 0 Å². The molecule has 0 aromatic heterocycles. The Bertz CT molecular complexity index is 511. The second-order valence-corrected chi connectivity index (χ2v) is 5.85. The maximum Gasteiger partial charge on any atom is 0.223 e. The monoisotopic (exact) mass is 306 g/mol. The summed E-state index contributed by atoms with van der Waals surface area (Å²) in [5.41, 5.74) is 7.58. The number of rotatable bonds is 5. The van der Waals surface area contributed by atoms with E-state index in [1.54, 1.807) is 7.11 Å². The van der Waals surface area contributed by atoms with Gasteiger partial charge in [-0.1, -0.05) is 0 Å². The lowest BCUT2D eigenvalue weighted by Gasteiger charge is -2.36. The molecule has 2 N–H and O–H groups in total. The summed E-state index contributed by atoms with van der Waals surface area (Å²) in [6, 6.07) is 5.82. The highest BCUT2D eigenvalue weighted by Gasteiger charge is 2.21. The molecule has 0 bridgehead atoms. The summed E-state index contributed by atoms with van der Waals surface area (Å²) in [6.45, 7) is 3.99. The van der Waals surface area contributed by atoms with E-state index in [4.69, 9.17) is 10.5 Å². The van der Waals surface area contributed by atoms with Crippen molar-refractivity contribution < 1.29 is 9.53 Å². The van der Waals surface area contributed by atoms with Gasteiger partial charge in [0.1, 0.15) is 5.75 Å². The third kappa shape index (κ3) is 4.04. The smallest absolute Gasteiger partial charge is 0.223 e. The van der Waals surface area contributed by atoms with Crippen molar-refractivity contribution in [1.29, 1.82) is 0 Å². The van der Waals surface area contributed by atoms with E-state index in [9.17, 15) is 4.79 Å². The molecule has 0 radical (unpaired) electrons. The third-order valence-electron chi connectivity index (χ3n) is 3.99. The fourth-order valence-electron chi connectivity index (χ4n) is 2.59. The van der Waals surface area contributed by atoms with Crippen LogP contribution in [0.5, 0.6) is 5.75 Å². The number of hydrogen-bond donors (Lipinski definition) is 1. The second kappa shape index (κ2) is 7.35. The molecule has 1 aromatic rings. The van der Waals surface area contributed by atoms with Crippen LogP contribution in [-0.2, 0) is 4.79 Å². The molecule has 1 saturated heterocycles. The van der Waals surface area contributed by atoms with Crippen LogP contribution in [0.4, 0.5) is 11.4 Å². The number of nitrogens with two attached hydrogens (primary N) is 1. The van der Waals surface area contributed by atoms with E-state index in [0.29, 0.717) is 17.9 Å². The van der Waals surface area contributed by atoms with Crippen LogP contribution in [0.25, 0.3) is 0 Å². The van der Waals surface area contributed by atoms with Gasteiger partial charge < -0.3 is 25.2 Å². The Balaban J connectivity index is 1.90. The maximum absolute atomic E-state index is 12.1. The van der Waals surface area contributed by atoms with Gasteiger partial charge in [0, 0.05) is 50.9 Å². The lowest BCUT2D eigenvalue weighted by Crippen LogP contribution is -2.49. The van der Waals surface area contributed by atoms with Crippen molar-refractivity contribution in [2.45, 2.75) is 6.42 Å². The standard InChI is InChI=1S/C16H26N4O2/c1-18(2)7-6-16(21)20-10-8-19(9-11-20)13-4-5-14(17)15(12-13)22-3/h4-5,12H,6-11,17H2,1-3H3. The largest absolute Gasteiger partial charge is 0.495 e. The third-order valence-corrected chi connectivity index (χ3v) is 3.99. The lowest BCUT2D eigenvalue weighted by atomic mass is 10.2. The minimum absolute atomic E-state index is 0.239. The molecule has 0 atom stereocenters. The van der Waals surface area contributed by atoms with Gasteiger partial charge in [-0.25, -0.2) is 0 Å². The minimum Gasteiger partial charge on any atom is -0.495 e. The number of carbonyl (C=O) groups is 1. The van der Waals surface area contributed by atoms with Gasteiger partial charge in [-0.05, 0) is 26.2 Å². The minimum atomic E-state index is 0.239.